The van der Waals surface area contributed by atoms with E-state index in [1.54, 1.807) is 6.92 Å². The van der Waals surface area contributed by atoms with Gasteiger partial charge in [0.2, 0.25) is 0 Å². The predicted molar refractivity (Wildman–Crippen MR) is 68.3 cm³/mol. The Kier molecular flexibility index (Phi) is 3.62. The van der Waals surface area contributed by atoms with Gasteiger partial charge >= 0.3 is 5.69 Å². The van der Waals surface area contributed by atoms with E-state index in [1.807, 2.05) is 6.92 Å². The molecule has 0 aromatic carbocycles. The van der Waals surface area contributed by atoms with Gasteiger partial charge in [-0.2, -0.15) is 4.98 Å². The highest BCUT2D eigenvalue weighted by molar-refractivity contribution is 5.23. The second kappa shape index (κ2) is 4.92. The van der Waals surface area contributed by atoms with Gasteiger partial charge in [-0.1, -0.05) is 6.92 Å². The second-order valence-electron chi connectivity index (χ2n) is 5.04. The number of nitrogens with zero attached hydrogens (tertiary/aromatic N) is 2. The molecule has 0 bridgehead atoms. The maximum absolute atomic E-state index is 11.8. The largest absolute Gasteiger partial charge is 0.393 e. The van der Waals surface area contributed by atoms with Crippen LogP contribution in [0.5, 0.6) is 0 Å². The summed E-state index contributed by atoms with van der Waals surface area (Å²) in [6.07, 6.45) is 0.598. The van der Waals surface area contributed by atoms with Crippen LogP contribution in [-0.4, -0.2) is 38.1 Å². The van der Waals surface area contributed by atoms with E-state index in [0.717, 1.165) is 0 Å². The molecule has 0 spiro atoms. The van der Waals surface area contributed by atoms with Crippen molar-refractivity contribution in [2.75, 3.05) is 12.3 Å². The second-order valence-corrected chi connectivity index (χ2v) is 5.04. The van der Waals surface area contributed by atoms with E-state index in [9.17, 15) is 15.0 Å². The Bertz CT molecular complexity index is 518. The fourth-order valence-electron chi connectivity index (χ4n) is 2.48. The molecule has 0 aliphatic carbocycles. The van der Waals surface area contributed by atoms with Crippen LogP contribution in [0.15, 0.2) is 17.1 Å². The van der Waals surface area contributed by atoms with Crippen LogP contribution in [0.3, 0.4) is 0 Å². The van der Waals surface area contributed by atoms with Crippen molar-refractivity contribution < 1.29 is 14.9 Å². The Balaban J connectivity index is 2.41. The Hall–Kier alpha value is -1.44. The Morgan fingerprint density at radius 2 is 2.32 bits per heavy atom. The van der Waals surface area contributed by atoms with Crippen molar-refractivity contribution in [2.45, 2.75) is 38.2 Å². The summed E-state index contributed by atoms with van der Waals surface area (Å²) in [5, 5.41) is 19.6. The predicted octanol–water partition coefficient (Wildman–Crippen LogP) is -0.508. The molecule has 106 valence electrons. The molecular formula is C12H19N3O4. The third kappa shape index (κ3) is 2.24. The molecule has 1 aliphatic heterocycles. The number of rotatable bonds is 3. The van der Waals surface area contributed by atoms with Crippen molar-refractivity contribution in [1.29, 1.82) is 0 Å². The van der Waals surface area contributed by atoms with E-state index < -0.39 is 23.6 Å². The number of anilines is 1. The van der Waals surface area contributed by atoms with Gasteiger partial charge < -0.3 is 20.7 Å². The van der Waals surface area contributed by atoms with Crippen LogP contribution in [0.25, 0.3) is 0 Å². The molecule has 0 amide bonds. The van der Waals surface area contributed by atoms with E-state index in [-0.39, 0.29) is 18.3 Å². The molecule has 1 aliphatic rings. The average Bonchev–Trinajstić information content (AvgIpc) is 2.62. The summed E-state index contributed by atoms with van der Waals surface area (Å²) in [5.74, 6) is -0.155. The van der Waals surface area contributed by atoms with Crippen LogP contribution in [0, 0.1) is 5.92 Å². The summed E-state index contributed by atoms with van der Waals surface area (Å²) in [6.45, 7) is 3.19. The van der Waals surface area contributed by atoms with Gasteiger partial charge in [-0.3, -0.25) is 4.57 Å². The first kappa shape index (κ1) is 14.0. The van der Waals surface area contributed by atoms with Crippen LogP contribution in [0.1, 0.15) is 26.5 Å². The summed E-state index contributed by atoms with van der Waals surface area (Å²) in [5.41, 5.74) is 3.84. The lowest BCUT2D eigenvalue weighted by Crippen LogP contribution is -2.41. The highest BCUT2D eigenvalue weighted by Gasteiger charge is 2.51. The molecule has 1 saturated heterocycles. The zero-order chi connectivity index (χ0) is 14.2. The smallest absolute Gasteiger partial charge is 0.351 e. The van der Waals surface area contributed by atoms with Crippen molar-refractivity contribution in [2.24, 2.45) is 5.92 Å². The molecule has 2 rings (SSSR count). The monoisotopic (exact) mass is 269 g/mol. The molecule has 19 heavy (non-hydrogen) atoms. The van der Waals surface area contributed by atoms with Crippen LogP contribution in [0.2, 0.25) is 0 Å². The molecule has 1 aromatic heterocycles. The molecule has 4 atom stereocenters. The molecule has 1 fully saturated rings. The standard InChI is InChI=1S/C12H19N3O4/c1-3-7-9(17)12(2,6-16)19-10(7)15-5-4-8(13)14-11(15)18/h4-5,7,9-10,16-17H,3,6H2,1-2H3,(H2,13,14,18)/t7-,9-,10+,12+/m0/s1. The molecule has 1 aromatic rings. The zero-order valence-electron chi connectivity index (χ0n) is 11.0. The van der Waals surface area contributed by atoms with Gasteiger partial charge in [-0.25, -0.2) is 4.79 Å². The first-order valence-electron chi connectivity index (χ1n) is 6.24. The Morgan fingerprint density at radius 1 is 1.63 bits per heavy atom. The fourth-order valence-corrected chi connectivity index (χ4v) is 2.48. The number of nitrogens with two attached hydrogens (primary N) is 1. The lowest BCUT2D eigenvalue weighted by molar-refractivity contribution is -0.117. The minimum Gasteiger partial charge on any atom is -0.393 e. The van der Waals surface area contributed by atoms with Crippen LogP contribution < -0.4 is 11.4 Å². The zero-order valence-corrected chi connectivity index (χ0v) is 11.0. The summed E-state index contributed by atoms with van der Waals surface area (Å²) >= 11 is 0. The molecule has 0 radical (unpaired) electrons. The lowest BCUT2D eigenvalue weighted by Gasteiger charge is -2.25. The van der Waals surface area contributed by atoms with Gasteiger partial charge in [0.15, 0.2) is 0 Å². The number of hydrogen-bond donors (Lipinski definition) is 3. The summed E-state index contributed by atoms with van der Waals surface area (Å²) < 4.78 is 7.00. The number of aliphatic hydroxyl groups excluding tert-OH is 2. The van der Waals surface area contributed by atoms with E-state index in [2.05, 4.69) is 4.98 Å². The molecular weight excluding hydrogens is 250 g/mol. The van der Waals surface area contributed by atoms with E-state index in [4.69, 9.17) is 10.5 Å². The lowest BCUT2D eigenvalue weighted by atomic mass is 9.90. The van der Waals surface area contributed by atoms with Gasteiger partial charge in [0.1, 0.15) is 17.6 Å². The van der Waals surface area contributed by atoms with Gasteiger partial charge in [0, 0.05) is 12.1 Å². The number of ether oxygens (including phenoxy) is 1. The van der Waals surface area contributed by atoms with Gasteiger partial charge in [0.25, 0.3) is 0 Å². The van der Waals surface area contributed by atoms with Crippen LogP contribution in [-0.2, 0) is 4.74 Å². The first-order chi connectivity index (χ1) is 8.92. The Labute approximate surface area is 110 Å². The van der Waals surface area contributed by atoms with Crippen LogP contribution >= 0.6 is 0 Å². The van der Waals surface area contributed by atoms with Crippen molar-refractivity contribution in [3.05, 3.63) is 22.7 Å². The summed E-state index contributed by atoms with van der Waals surface area (Å²) in [6, 6.07) is 1.50. The third-order valence-electron chi connectivity index (χ3n) is 3.70. The number of aromatic nitrogens is 2. The molecule has 7 nitrogen and oxygen atoms in total. The third-order valence-corrected chi connectivity index (χ3v) is 3.70. The molecule has 0 saturated carbocycles. The highest BCUT2D eigenvalue weighted by Crippen LogP contribution is 2.42. The van der Waals surface area contributed by atoms with Crippen molar-refractivity contribution in [3.63, 3.8) is 0 Å². The molecule has 7 heteroatoms. The number of aliphatic hydroxyl groups is 2. The van der Waals surface area contributed by atoms with E-state index in [1.165, 1.54) is 16.8 Å². The SMILES string of the molecule is CC[C@@H]1[C@H](n2ccc(N)nc2=O)O[C@](C)(CO)[C@H]1O. The van der Waals surface area contributed by atoms with Crippen molar-refractivity contribution >= 4 is 5.82 Å². The van der Waals surface area contributed by atoms with E-state index >= 15 is 0 Å². The van der Waals surface area contributed by atoms with Gasteiger partial charge in [0.05, 0.1) is 12.7 Å². The minimum absolute atomic E-state index is 0.137. The normalized spacial score (nSPS) is 34.6. The topological polar surface area (TPSA) is 111 Å². The average molecular weight is 269 g/mol. The molecule has 0 unspecified atom stereocenters. The van der Waals surface area contributed by atoms with Crippen molar-refractivity contribution in [1.82, 2.24) is 9.55 Å². The number of hydrogen-bond acceptors (Lipinski definition) is 6. The van der Waals surface area contributed by atoms with Gasteiger partial charge in [-0.15, -0.1) is 0 Å². The first-order valence-corrected chi connectivity index (χ1v) is 6.24. The van der Waals surface area contributed by atoms with Gasteiger partial charge in [-0.05, 0) is 19.4 Å². The quantitative estimate of drug-likeness (QED) is 0.681. The van der Waals surface area contributed by atoms with Crippen LogP contribution in [0.4, 0.5) is 5.82 Å². The molecule has 4 N–H and O–H groups in total. The maximum atomic E-state index is 11.8. The van der Waals surface area contributed by atoms with Crippen molar-refractivity contribution in [3.8, 4) is 0 Å². The summed E-state index contributed by atoms with van der Waals surface area (Å²) in [4.78, 5) is 15.5. The van der Waals surface area contributed by atoms with E-state index in [0.29, 0.717) is 6.42 Å². The number of nitrogen functional groups attached to an aromatic ring is 1. The summed E-state index contributed by atoms with van der Waals surface area (Å²) in [7, 11) is 0. The Morgan fingerprint density at radius 3 is 2.84 bits per heavy atom. The maximum Gasteiger partial charge on any atom is 0.351 e. The minimum atomic E-state index is -1.08. The highest BCUT2D eigenvalue weighted by atomic mass is 16.6. The molecule has 2 heterocycles. The fraction of sp³-hybridized carbons (Fsp3) is 0.667.